The molecule has 0 N–H and O–H groups in total. The number of rotatable bonds is 2. The van der Waals surface area contributed by atoms with Gasteiger partial charge in [-0.05, 0) is 68.6 Å². The molecule has 5 rings (SSSR count). The Morgan fingerprint density at radius 2 is 1.83 bits per heavy atom. The molecule has 23 heavy (non-hydrogen) atoms. The smallest absolute Gasteiger partial charge is 0.0337 e. The Labute approximate surface area is 142 Å². The molecule has 4 unspecified atom stereocenters. The second-order valence-electron chi connectivity index (χ2n) is 10.5. The molecule has 2 bridgehead atoms. The van der Waals surface area contributed by atoms with Gasteiger partial charge in [0.15, 0.2) is 0 Å². The van der Waals surface area contributed by atoms with Crippen molar-refractivity contribution in [2.75, 3.05) is 13.1 Å². The van der Waals surface area contributed by atoms with E-state index in [4.69, 9.17) is 0 Å². The molecule has 4 fully saturated rings. The highest BCUT2D eigenvalue weighted by Gasteiger charge is 2.71. The summed E-state index contributed by atoms with van der Waals surface area (Å²) in [5.74, 6) is 0.898. The van der Waals surface area contributed by atoms with Crippen LogP contribution in [0, 0.1) is 22.2 Å². The van der Waals surface area contributed by atoms with Crippen LogP contribution in [0.2, 0.25) is 0 Å². The maximum Gasteiger partial charge on any atom is 0.0337 e. The van der Waals surface area contributed by atoms with Crippen molar-refractivity contribution < 1.29 is 0 Å². The van der Waals surface area contributed by atoms with E-state index in [1.807, 2.05) is 5.57 Å². The van der Waals surface area contributed by atoms with E-state index in [2.05, 4.69) is 32.6 Å². The zero-order valence-corrected chi connectivity index (χ0v) is 15.8. The summed E-state index contributed by atoms with van der Waals surface area (Å²) < 4.78 is 0. The molecule has 3 saturated carbocycles. The molecule has 0 amide bonds. The third kappa shape index (κ3) is 1.55. The first-order valence-electron chi connectivity index (χ1n) is 10.3. The Morgan fingerprint density at radius 3 is 2.57 bits per heavy atom. The van der Waals surface area contributed by atoms with Crippen LogP contribution in [-0.2, 0) is 0 Å². The van der Waals surface area contributed by atoms with Crippen molar-refractivity contribution in [2.45, 2.75) is 91.0 Å². The lowest BCUT2D eigenvalue weighted by Gasteiger charge is -2.57. The molecule has 1 nitrogen and oxygen atoms in total. The first-order valence-corrected chi connectivity index (χ1v) is 10.3. The SMILES string of the molecule is CC1=C2CC3(CN4CC45CCCC5)CCC(C)C2(CC1)C3(C)C. The van der Waals surface area contributed by atoms with Crippen LogP contribution in [0.15, 0.2) is 11.1 Å². The Hall–Kier alpha value is -0.300. The van der Waals surface area contributed by atoms with Crippen molar-refractivity contribution in [1.29, 1.82) is 0 Å². The second-order valence-corrected chi connectivity index (χ2v) is 10.5. The monoisotopic (exact) mass is 313 g/mol. The van der Waals surface area contributed by atoms with Gasteiger partial charge in [0, 0.05) is 24.0 Å². The Morgan fingerprint density at radius 1 is 1.09 bits per heavy atom. The first-order chi connectivity index (χ1) is 10.9. The standard InChI is InChI=1S/C22H35N/c1-16-7-12-22-17(2)8-11-20(13-18(16)22,19(22,3)4)14-23-15-21(23)9-5-6-10-21/h17H,5-15H2,1-4H3. The molecular weight excluding hydrogens is 278 g/mol. The van der Waals surface area contributed by atoms with E-state index in [1.165, 1.54) is 70.9 Å². The average molecular weight is 314 g/mol. The molecule has 128 valence electrons. The molecule has 1 aliphatic heterocycles. The summed E-state index contributed by atoms with van der Waals surface area (Å²) >= 11 is 0. The van der Waals surface area contributed by atoms with Crippen LogP contribution in [0.3, 0.4) is 0 Å². The van der Waals surface area contributed by atoms with Crippen molar-refractivity contribution in [3.63, 3.8) is 0 Å². The van der Waals surface area contributed by atoms with E-state index >= 15 is 0 Å². The zero-order valence-electron chi connectivity index (χ0n) is 15.8. The van der Waals surface area contributed by atoms with Crippen molar-refractivity contribution in [3.8, 4) is 0 Å². The molecule has 1 heterocycles. The topological polar surface area (TPSA) is 3.01 Å². The highest BCUT2D eigenvalue weighted by Crippen LogP contribution is 2.77. The van der Waals surface area contributed by atoms with E-state index in [0.717, 1.165) is 5.92 Å². The maximum atomic E-state index is 2.92. The molecule has 0 radical (unpaired) electrons. The van der Waals surface area contributed by atoms with Crippen molar-refractivity contribution >= 4 is 0 Å². The van der Waals surface area contributed by atoms with Crippen LogP contribution < -0.4 is 0 Å². The minimum atomic E-state index is 0.493. The molecule has 0 aromatic heterocycles. The number of allylic oxidation sites excluding steroid dienone is 2. The summed E-state index contributed by atoms with van der Waals surface area (Å²) in [4.78, 5) is 2.92. The third-order valence-electron chi connectivity index (χ3n) is 9.88. The number of nitrogens with zero attached hydrogens (tertiary/aromatic N) is 1. The fourth-order valence-electron chi connectivity index (χ4n) is 8.15. The van der Waals surface area contributed by atoms with Crippen LogP contribution >= 0.6 is 0 Å². The van der Waals surface area contributed by atoms with Crippen LogP contribution in [0.4, 0.5) is 0 Å². The van der Waals surface area contributed by atoms with E-state index in [-0.39, 0.29) is 0 Å². The fraction of sp³-hybridized carbons (Fsp3) is 0.909. The van der Waals surface area contributed by atoms with E-state index in [0.29, 0.717) is 21.8 Å². The average Bonchev–Trinajstić information content (AvgIpc) is 2.79. The van der Waals surface area contributed by atoms with E-state index in [9.17, 15) is 0 Å². The van der Waals surface area contributed by atoms with Gasteiger partial charge in [0.1, 0.15) is 0 Å². The highest BCUT2D eigenvalue weighted by molar-refractivity contribution is 5.41. The lowest BCUT2D eigenvalue weighted by Crippen LogP contribution is -2.53. The van der Waals surface area contributed by atoms with Gasteiger partial charge in [0.05, 0.1) is 0 Å². The molecule has 4 atom stereocenters. The lowest BCUT2D eigenvalue weighted by atomic mass is 9.48. The van der Waals surface area contributed by atoms with Gasteiger partial charge in [-0.3, -0.25) is 4.90 Å². The fourth-order valence-corrected chi connectivity index (χ4v) is 8.15. The molecule has 0 aromatic rings. The summed E-state index contributed by atoms with van der Waals surface area (Å²) in [7, 11) is 0. The minimum absolute atomic E-state index is 0.493. The van der Waals surface area contributed by atoms with Gasteiger partial charge < -0.3 is 0 Å². The van der Waals surface area contributed by atoms with Crippen molar-refractivity contribution in [1.82, 2.24) is 4.90 Å². The van der Waals surface area contributed by atoms with Gasteiger partial charge in [-0.25, -0.2) is 0 Å². The second kappa shape index (κ2) is 4.26. The molecule has 0 aromatic carbocycles. The molecule has 1 saturated heterocycles. The summed E-state index contributed by atoms with van der Waals surface area (Å²) in [5, 5.41) is 0. The highest BCUT2D eigenvalue weighted by atomic mass is 15.4. The molecule has 2 spiro atoms. The molecule has 4 aliphatic carbocycles. The molecule has 5 aliphatic rings. The predicted molar refractivity (Wildman–Crippen MR) is 96.4 cm³/mol. The van der Waals surface area contributed by atoms with Gasteiger partial charge in [0.25, 0.3) is 0 Å². The Balaban J connectivity index is 1.52. The van der Waals surface area contributed by atoms with Gasteiger partial charge in [-0.2, -0.15) is 0 Å². The Kier molecular flexibility index (Phi) is 2.78. The van der Waals surface area contributed by atoms with Crippen LogP contribution in [0.25, 0.3) is 0 Å². The quantitative estimate of drug-likeness (QED) is 0.476. The predicted octanol–water partition coefficient (Wildman–Crippen LogP) is 5.56. The molecular formula is C22H35N. The van der Waals surface area contributed by atoms with Gasteiger partial charge in [-0.1, -0.05) is 44.8 Å². The summed E-state index contributed by atoms with van der Waals surface area (Å²) in [6, 6.07) is 0. The third-order valence-corrected chi connectivity index (χ3v) is 9.88. The maximum absolute atomic E-state index is 2.92. The van der Waals surface area contributed by atoms with Gasteiger partial charge in [0.2, 0.25) is 0 Å². The van der Waals surface area contributed by atoms with Crippen LogP contribution in [-0.4, -0.2) is 23.5 Å². The summed E-state index contributed by atoms with van der Waals surface area (Å²) in [5.41, 5.74) is 5.98. The van der Waals surface area contributed by atoms with Crippen LogP contribution in [0.1, 0.15) is 85.5 Å². The number of hydrogen-bond donors (Lipinski definition) is 0. The minimum Gasteiger partial charge on any atom is -0.294 e. The number of fused-ring (bicyclic) bond motifs is 1. The van der Waals surface area contributed by atoms with Crippen molar-refractivity contribution in [2.24, 2.45) is 22.2 Å². The lowest BCUT2D eigenvalue weighted by molar-refractivity contribution is -0.0790. The normalized spacial score (nSPS) is 49.0. The van der Waals surface area contributed by atoms with Crippen molar-refractivity contribution in [3.05, 3.63) is 11.1 Å². The summed E-state index contributed by atoms with van der Waals surface area (Å²) in [6.45, 7) is 13.2. The zero-order chi connectivity index (χ0) is 16.1. The summed E-state index contributed by atoms with van der Waals surface area (Å²) in [6.07, 6.45) is 13.2. The van der Waals surface area contributed by atoms with E-state index < -0.39 is 0 Å². The first kappa shape index (κ1) is 15.0. The van der Waals surface area contributed by atoms with Gasteiger partial charge in [-0.15, -0.1) is 0 Å². The largest absolute Gasteiger partial charge is 0.294 e. The van der Waals surface area contributed by atoms with Gasteiger partial charge >= 0.3 is 0 Å². The number of hydrogen-bond acceptors (Lipinski definition) is 1. The van der Waals surface area contributed by atoms with Crippen LogP contribution in [0.5, 0.6) is 0 Å². The molecule has 1 heteroatoms. The Bertz CT molecular complexity index is 579. The van der Waals surface area contributed by atoms with E-state index in [1.54, 1.807) is 5.57 Å².